The number of unbranched alkanes of at least 4 members (excludes halogenated alkanes) is 23. The van der Waals surface area contributed by atoms with E-state index in [2.05, 4.69) is 42.7 Å². The molecule has 0 spiro atoms. The monoisotopic (exact) mass is 788 g/mol. The van der Waals surface area contributed by atoms with Crippen molar-refractivity contribution >= 4 is 25.7 Å². The molecule has 0 aromatic heterocycles. The van der Waals surface area contributed by atoms with E-state index in [1.807, 2.05) is 0 Å². The molecule has 0 aliphatic rings. The van der Waals surface area contributed by atoms with Crippen LogP contribution in [-0.2, 0) is 37.5 Å². The number of esters is 2. The number of phosphoric acid groups is 1. The SMILES string of the molecule is CCCCCC/C=C/C=C/CCCCCCCC(=O)OC[C@H](COP(=O)(O)OC[C@H](N)C(=O)O)OC(=O)CCCCCCCCCCCCCCCCC. The number of phosphoric ester groups is 1. The lowest BCUT2D eigenvalue weighted by Gasteiger charge is -2.20. The van der Waals surface area contributed by atoms with Gasteiger partial charge in [-0.25, -0.2) is 4.57 Å². The standard InChI is InChI=1S/C42H78NO10P/c1-3-5-7-9-11-13-15-17-19-21-23-25-27-29-31-33-40(44)50-35-38(36-51-54(48,49)52-37-39(43)42(46)47)53-41(45)34-32-30-28-26-24-22-20-18-16-14-12-10-8-6-4-2/h13,15,17,19,38-39H,3-12,14,16,18,20-37,43H2,1-2H3,(H,46,47)(H,48,49)/b15-13+,19-17+/t38-,39+/m1/s1. The molecule has 0 saturated carbocycles. The summed E-state index contributed by atoms with van der Waals surface area (Å²) in [5.74, 6) is -2.39. The van der Waals surface area contributed by atoms with Gasteiger partial charge in [0.1, 0.15) is 12.6 Å². The van der Waals surface area contributed by atoms with E-state index < -0.39 is 51.1 Å². The van der Waals surface area contributed by atoms with Crippen LogP contribution in [0, 0.1) is 0 Å². The van der Waals surface area contributed by atoms with E-state index in [-0.39, 0.29) is 19.4 Å². The maximum absolute atomic E-state index is 12.6. The Bertz CT molecular complexity index is 1020. The normalized spacial score (nSPS) is 14.0. The first-order chi connectivity index (χ1) is 26.1. The average molecular weight is 788 g/mol. The minimum Gasteiger partial charge on any atom is -0.480 e. The molecule has 0 amide bonds. The number of hydrogen-bond donors (Lipinski definition) is 3. The first-order valence-electron chi connectivity index (χ1n) is 21.4. The number of allylic oxidation sites excluding steroid dienone is 4. The predicted octanol–water partition coefficient (Wildman–Crippen LogP) is 11.1. The zero-order valence-electron chi connectivity index (χ0n) is 34.1. The molecule has 0 saturated heterocycles. The zero-order chi connectivity index (χ0) is 40.0. The summed E-state index contributed by atoms with van der Waals surface area (Å²) >= 11 is 0. The van der Waals surface area contributed by atoms with E-state index in [1.54, 1.807) is 0 Å². The number of carbonyl (C=O) groups excluding carboxylic acids is 2. The van der Waals surface area contributed by atoms with Gasteiger partial charge >= 0.3 is 25.7 Å². The number of rotatable bonds is 40. The smallest absolute Gasteiger partial charge is 0.472 e. The van der Waals surface area contributed by atoms with Crippen molar-refractivity contribution in [1.82, 2.24) is 0 Å². The van der Waals surface area contributed by atoms with Gasteiger partial charge in [-0.1, -0.05) is 167 Å². The van der Waals surface area contributed by atoms with Crippen LogP contribution in [0.25, 0.3) is 0 Å². The molecule has 0 aromatic rings. The van der Waals surface area contributed by atoms with Crippen LogP contribution in [0.2, 0.25) is 0 Å². The van der Waals surface area contributed by atoms with Crippen molar-refractivity contribution in [3.63, 3.8) is 0 Å². The Morgan fingerprint density at radius 2 is 0.963 bits per heavy atom. The molecule has 0 aliphatic heterocycles. The third-order valence-electron chi connectivity index (χ3n) is 9.23. The number of nitrogens with two attached hydrogens (primary N) is 1. The molecule has 0 heterocycles. The molecule has 0 rings (SSSR count). The van der Waals surface area contributed by atoms with Crippen molar-refractivity contribution in [2.45, 2.75) is 206 Å². The maximum Gasteiger partial charge on any atom is 0.472 e. The van der Waals surface area contributed by atoms with E-state index in [0.29, 0.717) is 12.8 Å². The zero-order valence-corrected chi connectivity index (χ0v) is 35.0. The first-order valence-corrected chi connectivity index (χ1v) is 22.9. The highest BCUT2D eigenvalue weighted by Gasteiger charge is 2.28. The summed E-state index contributed by atoms with van der Waals surface area (Å²) in [6.45, 7) is 2.77. The lowest BCUT2D eigenvalue weighted by Crippen LogP contribution is -2.34. The van der Waals surface area contributed by atoms with Gasteiger partial charge in [-0.05, 0) is 38.5 Å². The molecule has 316 valence electrons. The second kappa shape index (κ2) is 37.9. The summed E-state index contributed by atoms with van der Waals surface area (Å²) in [7, 11) is -4.71. The van der Waals surface area contributed by atoms with E-state index in [4.69, 9.17) is 24.8 Å². The third-order valence-corrected chi connectivity index (χ3v) is 10.2. The second-order valence-electron chi connectivity index (χ2n) is 14.5. The van der Waals surface area contributed by atoms with Crippen molar-refractivity contribution < 1.29 is 47.5 Å². The predicted molar refractivity (Wildman–Crippen MR) is 217 cm³/mol. The number of hydrogen-bond acceptors (Lipinski definition) is 9. The molecule has 0 fully saturated rings. The van der Waals surface area contributed by atoms with Gasteiger partial charge < -0.3 is 25.2 Å². The first kappa shape index (κ1) is 52.0. The number of carbonyl (C=O) groups is 3. The molecule has 54 heavy (non-hydrogen) atoms. The number of carboxylic acids is 1. The number of ether oxygens (including phenoxy) is 2. The van der Waals surface area contributed by atoms with Gasteiger partial charge in [0.2, 0.25) is 0 Å². The molecule has 12 heteroatoms. The van der Waals surface area contributed by atoms with E-state index in [0.717, 1.165) is 57.8 Å². The molecule has 0 radical (unpaired) electrons. The van der Waals surface area contributed by atoms with Crippen molar-refractivity contribution in [3.05, 3.63) is 24.3 Å². The highest BCUT2D eigenvalue weighted by atomic mass is 31.2. The average Bonchev–Trinajstić information content (AvgIpc) is 3.14. The van der Waals surface area contributed by atoms with E-state index in [9.17, 15) is 23.8 Å². The molecule has 0 aromatic carbocycles. The molecular weight excluding hydrogens is 709 g/mol. The molecule has 0 bridgehead atoms. The van der Waals surface area contributed by atoms with Crippen LogP contribution in [0.15, 0.2) is 24.3 Å². The Hall–Kier alpha value is -2.04. The topological polar surface area (TPSA) is 172 Å². The van der Waals surface area contributed by atoms with Crippen LogP contribution in [0.3, 0.4) is 0 Å². The molecule has 4 N–H and O–H groups in total. The highest BCUT2D eigenvalue weighted by molar-refractivity contribution is 7.47. The number of aliphatic carboxylic acids is 1. The Balaban J connectivity index is 4.39. The largest absolute Gasteiger partial charge is 0.480 e. The summed E-state index contributed by atoms with van der Waals surface area (Å²) in [4.78, 5) is 45.9. The van der Waals surface area contributed by atoms with Gasteiger partial charge in [-0.3, -0.25) is 23.4 Å². The molecule has 0 aliphatic carbocycles. The lowest BCUT2D eigenvalue weighted by molar-refractivity contribution is -0.161. The highest BCUT2D eigenvalue weighted by Crippen LogP contribution is 2.43. The Kier molecular flexibility index (Phi) is 36.4. The minimum atomic E-state index is -4.71. The van der Waals surface area contributed by atoms with Crippen molar-refractivity contribution in [2.24, 2.45) is 5.73 Å². The van der Waals surface area contributed by atoms with Gasteiger partial charge in [0.15, 0.2) is 6.10 Å². The molecular formula is C42H78NO10P. The van der Waals surface area contributed by atoms with E-state index in [1.165, 1.54) is 96.3 Å². The van der Waals surface area contributed by atoms with Crippen LogP contribution in [0.5, 0.6) is 0 Å². The van der Waals surface area contributed by atoms with Crippen molar-refractivity contribution in [3.8, 4) is 0 Å². The fourth-order valence-corrected chi connectivity index (χ4v) is 6.60. The van der Waals surface area contributed by atoms with Crippen LogP contribution < -0.4 is 5.73 Å². The Labute approximate surface area is 328 Å². The quantitative estimate of drug-likeness (QED) is 0.0233. The van der Waals surface area contributed by atoms with Gasteiger partial charge in [0, 0.05) is 12.8 Å². The third kappa shape index (κ3) is 36.9. The molecule has 3 atom stereocenters. The number of carboxylic acid groups (broad SMARTS) is 1. The van der Waals surface area contributed by atoms with Gasteiger partial charge in [0.25, 0.3) is 0 Å². The van der Waals surface area contributed by atoms with Crippen molar-refractivity contribution in [2.75, 3.05) is 19.8 Å². The van der Waals surface area contributed by atoms with Gasteiger partial charge in [0.05, 0.1) is 13.2 Å². The van der Waals surface area contributed by atoms with Gasteiger partial charge in [-0.15, -0.1) is 0 Å². The summed E-state index contributed by atoms with van der Waals surface area (Å²) in [6, 6.07) is -1.52. The van der Waals surface area contributed by atoms with Crippen LogP contribution in [-0.4, -0.2) is 59.9 Å². The summed E-state index contributed by atoms with van der Waals surface area (Å²) in [6.07, 6.45) is 38.1. The minimum absolute atomic E-state index is 0.162. The van der Waals surface area contributed by atoms with Crippen LogP contribution >= 0.6 is 7.82 Å². The fraction of sp³-hybridized carbons (Fsp3) is 0.833. The Morgan fingerprint density at radius 3 is 1.43 bits per heavy atom. The van der Waals surface area contributed by atoms with Gasteiger partial charge in [-0.2, -0.15) is 0 Å². The Morgan fingerprint density at radius 1 is 0.574 bits per heavy atom. The molecule has 1 unspecified atom stereocenters. The van der Waals surface area contributed by atoms with Crippen LogP contribution in [0.1, 0.15) is 194 Å². The lowest BCUT2D eigenvalue weighted by atomic mass is 10.0. The summed E-state index contributed by atoms with van der Waals surface area (Å²) in [5, 5.41) is 8.88. The van der Waals surface area contributed by atoms with E-state index >= 15 is 0 Å². The van der Waals surface area contributed by atoms with Crippen LogP contribution in [0.4, 0.5) is 0 Å². The summed E-state index contributed by atoms with van der Waals surface area (Å²) < 4.78 is 32.7. The summed E-state index contributed by atoms with van der Waals surface area (Å²) in [5.41, 5.74) is 5.33. The second-order valence-corrected chi connectivity index (χ2v) is 16.0. The van der Waals surface area contributed by atoms with Crippen molar-refractivity contribution in [1.29, 1.82) is 0 Å². The maximum atomic E-state index is 12.6. The fourth-order valence-electron chi connectivity index (χ4n) is 5.82. The molecule has 11 nitrogen and oxygen atoms in total.